The van der Waals surface area contributed by atoms with Crippen LogP contribution in [0.25, 0.3) is 0 Å². The van der Waals surface area contributed by atoms with Gasteiger partial charge in [0, 0.05) is 15.4 Å². The quantitative estimate of drug-likeness (QED) is 0.640. The summed E-state index contributed by atoms with van der Waals surface area (Å²) in [7, 11) is 0. The molecule has 0 spiro atoms. The normalized spacial score (nSPS) is 12.6. The van der Waals surface area contributed by atoms with Crippen LogP contribution in [0.5, 0.6) is 0 Å². The highest BCUT2D eigenvalue weighted by Gasteiger charge is 2.14. The standard InChI is InChI=1S/C14H18BrN3S3/c1-4-7-16-9(2)11-6-5-10(15)8-12(11)20-14-18-17-13(19-3)21-14/h5-6,8-9,16H,4,7H2,1-3H3. The number of hydrogen-bond donors (Lipinski definition) is 1. The van der Waals surface area contributed by atoms with Crippen LogP contribution in [0, 0.1) is 0 Å². The van der Waals surface area contributed by atoms with Gasteiger partial charge in [0.25, 0.3) is 0 Å². The summed E-state index contributed by atoms with van der Waals surface area (Å²) in [5, 5.41) is 12.0. The second-order valence-electron chi connectivity index (χ2n) is 4.50. The highest BCUT2D eigenvalue weighted by atomic mass is 79.9. The number of benzene rings is 1. The number of nitrogens with zero attached hydrogens (tertiary/aromatic N) is 2. The highest BCUT2D eigenvalue weighted by molar-refractivity contribution is 9.10. The van der Waals surface area contributed by atoms with Crippen LogP contribution in [0.3, 0.4) is 0 Å². The van der Waals surface area contributed by atoms with E-state index in [0.717, 1.165) is 26.1 Å². The Morgan fingerprint density at radius 3 is 2.76 bits per heavy atom. The number of nitrogens with one attached hydrogen (secondary N) is 1. The van der Waals surface area contributed by atoms with Gasteiger partial charge in [-0.1, -0.05) is 63.8 Å². The molecule has 114 valence electrons. The molecule has 0 fully saturated rings. The van der Waals surface area contributed by atoms with Gasteiger partial charge < -0.3 is 5.32 Å². The molecule has 0 saturated carbocycles. The zero-order chi connectivity index (χ0) is 15.2. The first-order valence-electron chi connectivity index (χ1n) is 6.72. The molecule has 0 aliphatic rings. The minimum atomic E-state index is 0.327. The molecule has 21 heavy (non-hydrogen) atoms. The Morgan fingerprint density at radius 1 is 1.33 bits per heavy atom. The maximum Gasteiger partial charge on any atom is 0.179 e. The van der Waals surface area contributed by atoms with Crippen LogP contribution in [0.15, 0.2) is 36.2 Å². The lowest BCUT2D eigenvalue weighted by molar-refractivity contribution is 0.563. The van der Waals surface area contributed by atoms with Crippen molar-refractivity contribution in [3.63, 3.8) is 0 Å². The summed E-state index contributed by atoms with van der Waals surface area (Å²) in [6.07, 6.45) is 3.16. The predicted molar refractivity (Wildman–Crippen MR) is 96.7 cm³/mol. The fourth-order valence-electron chi connectivity index (χ4n) is 1.84. The largest absolute Gasteiger partial charge is 0.310 e. The van der Waals surface area contributed by atoms with E-state index in [2.05, 4.69) is 63.5 Å². The Labute approximate surface area is 146 Å². The van der Waals surface area contributed by atoms with E-state index in [9.17, 15) is 0 Å². The van der Waals surface area contributed by atoms with Crippen molar-refractivity contribution >= 4 is 50.8 Å². The topological polar surface area (TPSA) is 37.8 Å². The summed E-state index contributed by atoms with van der Waals surface area (Å²) in [6, 6.07) is 6.76. The van der Waals surface area contributed by atoms with E-state index in [1.54, 1.807) is 34.9 Å². The molecule has 1 unspecified atom stereocenters. The second kappa shape index (κ2) is 8.53. The first-order chi connectivity index (χ1) is 10.1. The van der Waals surface area contributed by atoms with Crippen LogP contribution in [0.2, 0.25) is 0 Å². The molecule has 2 rings (SSSR count). The molecule has 1 N–H and O–H groups in total. The molecule has 1 aromatic heterocycles. The minimum Gasteiger partial charge on any atom is -0.310 e. The van der Waals surface area contributed by atoms with Gasteiger partial charge in [0.15, 0.2) is 8.68 Å². The van der Waals surface area contributed by atoms with Crippen molar-refractivity contribution in [3.05, 3.63) is 28.2 Å². The van der Waals surface area contributed by atoms with Gasteiger partial charge in [-0.15, -0.1) is 10.2 Å². The van der Waals surface area contributed by atoms with Gasteiger partial charge in [0.2, 0.25) is 0 Å². The third kappa shape index (κ3) is 4.96. The van der Waals surface area contributed by atoms with Crippen molar-refractivity contribution in [3.8, 4) is 0 Å². The SMILES string of the molecule is CCCNC(C)c1ccc(Br)cc1Sc1nnc(SC)s1. The molecule has 0 saturated heterocycles. The Balaban J connectivity index is 2.22. The third-order valence-corrected chi connectivity index (χ3v) is 6.42. The molecule has 1 atom stereocenters. The van der Waals surface area contributed by atoms with Crippen molar-refractivity contribution in [2.75, 3.05) is 12.8 Å². The maximum absolute atomic E-state index is 4.25. The van der Waals surface area contributed by atoms with Gasteiger partial charge in [0.1, 0.15) is 0 Å². The molecule has 1 heterocycles. The number of hydrogen-bond acceptors (Lipinski definition) is 6. The Hall–Kier alpha value is -0.0800. The van der Waals surface area contributed by atoms with Gasteiger partial charge >= 0.3 is 0 Å². The number of thioether (sulfide) groups is 1. The molecule has 0 radical (unpaired) electrons. The Kier molecular flexibility index (Phi) is 7.01. The molecular formula is C14H18BrN3S3. The average Bonchev–Trinajstić information content (AvgIpc) is 2.92. The monoisotopic (exact) mass is 403 g/mol. The van der Waals surface area contributed by atoms with Crippen LogP contribution in [0.1, 0.15) is 31.9 Å². The molecular weight excluding hydrogens is 386 g/mol. The van der Waals surface area contributed by atoms with E-state index < -0.39 is 0 Å². The van der Waals surface area contributed by atoms with Gasteiger partial charge in [-0.25, -0.2) is 0 Å². The van der Waals surface area contributed by atoms with Crippen molar-refractivity contribution in [2.45, 2.75) is 39.9 Å². The highest BCUT2D eigenvalue weighted by Crippen LogP contribution is 2.37. The van der Waals surface area contributed by atoms with E-state index in [-0.39, 0.29) is 0 Å². The number of halogens is 1. The van der Waals surface area contributed by atoms with E-state index >= 15 is 0 Å². The summed E-state index contributed by atoms with van der Waals surface area (Å²) in [5.41, 5.74) is 1.30. The van der Waals surface area contributed by atoms with Gasteiger partial charge in [-0.3, -0.25) is 0 Å². The van der Waals surface area contributed by atoms with E-state index in [0.29, 0.717) is 6.04 Å². The van der Waals surface area contributed by atoms with Crippen molar-refractivity contribution in [1.82, 2.24) is 15.5 Å². The van der Waals surface area contributed by atoms with E-state index in [1.165, 1.54) is 10.5 Å². The van der Waals surface area contributed by atoms with Crippen molar-refractivity contribution in [2.24, 2.45) is 0 Å². The molecule has 0 aliphatic carbocycles. The minimum absolute atomic E-state index is 0.327. The van der Waals surface area contributed by atoms with Crippen molar-refractivity contribution < 1.29 is 0 Å². The third-order valence-electron chi connectivity index (χ3n) is 2.90. The summed E-state index contributed by atoms with van der Waals surface area (Å²) >= 11 is 8.52. The molecule has 0 aliphatic heterocycles. The van der Waals surface area contributed by atoms with Gasteiger partial charge in [0.05, 0.1) is 0 Å². The first kappa shape index (κ1) is 17.3. The second-order valence-corrected chi connectivity index (χ2v) is 8.73. The van der Waals surface area contributed by atoms with Crippen LogP contribution in [-0.2, 0) is 0 Å². The maximum atomic E-state index is 4.25. The Bertz CT molecular complexity index is 589. The molecule has 7 heteroatoms. The number of aromatic nitrogens is 2. The fraction of sp³-hybridized carbons (Fsp3) is 0.429. The van der Waals surface area contributed by atoms with Crippen LogP contribution < -0.4 is 5.32 Å². The fourth-order valence-corrected chi connectivity index (χ4v) is 5.01. The summed E-state index contributed by atoms with van der Waals surface area (Å²) in [4.78, 5) is 1.23. The van der Waals surface area contributed by atoms with Crippen LogP contribution in [-0.4, -0.2) is 23.0 Å². The summed E-state index contributed by atoms with van der Waals surface area (Å²) in [5.74, 6) is 0. The lowest BCUT2D eigenvalue weighted by atomic mass is 10.1. The molecule has 0 amide bonds. The molecule has 2 aromatic rings. The Morgan fingerprint density at radius 2 is 2.10 bits per heavy atom. The molecule has 1 aromatic carbocycles. The first-order valence-corrected chi connectivity index (χ1v) is 10.4. The predicted octanol–water partition coefficient (Wildman–Crippen LogP) is 5.23. The van der Waals surface area contributed by atoms with Crippen molar-refractivity contribution in [1.29, 1.82) is 0 Å². The van der Waals surface area contributed by atoms with Gasteiger partial charge in [-0.2, -0.15) is 0 Å². The zero-order valence-corrected chi connectivity index (χ0v) is 16.3. The lowest BCUT2D eigenvalue weighted by Crippen LogP contribution is -2.19. The van der Waals surface area contributed by atoms with Crippen LogP contribution >= 0.6 is 50.8 Å². The average molecular weight is 404 g/mol. The van der Waals surface area contributed by atoms with Gasteiger partial charge in [-0.05, 0) is 43.8 Å². The smallest absolute Gasteiger partial charge is 0.179 e. The lowest BCUT2D eigenvalue weighted by Gasteiger charge is -2.17. The molecule has 3 nitrogen and oxygen atoms in total. The van der Waals surface area contributed by atoms with E-state index in [4.69, 9.17) is 0 Å². The molecule has 0 bridgehead atoms. The zero-order valence-electron chi connectivity index (χ0n) is 12.2. The number of rotatable bonds is 7. The summed E-state index contributed by atoms with van der Waals surface area (Å²) < 4.78 is 3.08. The van der Waals surface area contributed by atoms with Crippen LogP contribution in [0.4, 0.5) is 0 Å². The van der Waals surface area contributed by atoms with E-state index in [1.807, 2.05) is 6.26 Å². The summed E-state index contributed by atoms with van der Waals surface area (Å²) in [6.45, 7) is 5.41.